The van der Waals surface area contributed by atoms with Crippen molar-refractivity contribution >= 4 is 23.0 Å². The molecule has 21 heavy (non-hydrogen) atoms. The highest BCUT2D eigenvalue weighted by molar-refractivity contribution is 7.09. The minimum atomic E-state index is 0.708. The van der Waals surface area contributed by atoms with Gasteiger partial charge in [-0.3, -0.25) is 0 Å². The Morgan fingerprint density at radius 3 is 2.90 bits per heavy atom. The van der Waals surface area contributed by atoms with Crippen LogP contribution in [-0.2, 0) is 6.42 Å². The van der Waals surface area contributed by atoms with E-state index in [-0.39, 0.29) is 0 Å². The molecule has 0 bridgehead atoms. The van der Waals surface area contributed by atoms with Gasteiger partial charge in [0.1, 0.15) is 6.33 Å². The largest absolute Gasteiger partial charge is 0.490 e. The first-order valence-corrected chi connectivity index (χ1v) is 8.00. The zero-order valence-electron chi connectivity index (χ0n) is 12.8. The van der Waals surface area contributed by atoms with E-state index in [1.807, 2.05) is 7.05 Å². The molecule has 0 radical (unpaired) electrons. The van der Waals surface area contributed by atoms with E-state index >= 15 is 0 Å². The van der Waals surface area contributed by atoms with Gasteiger partial charge in [0.2, 0.25) is 5.75 Å². The third-order valence-corrected chi connectivity index (χ3v) is 4.10. The van der Waals surface area contributed by atoms with E-state index in [0.29, 0.717) is 5.75 Å². The summed E-state index contributed by atoms with van der Waals surface area (Å²) >= 11 is 1.78. The Morgan fingerprint density at radius 2 is 2.24 bits per heavy atom. The molecule has 5 nitrogen and oxygen atoms in total. The van der Waals surface area contributed by atoms with Crippen LogP contribution in [0.1, 0.15) is 18.2 Å². The molecule has 0 saturated heterocycles. The van der Waals surface area contributed by atoms with E-state index in [4.69, 9.17) is 4.74 Å². The highest BCUT2D eigenvalue weighted by Crippen LogP contribution is 2.31. The molecule has 2 heterocycles. The average molecular weight is 306 g/mol. The summed E-state index contributed by atoms with van der Waals surface area (Å²) in [6.45, 7) is 3.88. The maximum atomic E-state index is 5.51. The second kappa shape index (κ2) is 7.83. The predicted molar refractivity (Wildman–Crippen MR) is 88.7 cm³/mol. The molecule has 0 atom stereocenters. The monoisotopic (exact) mass is 306 g/mol. The first-order valence-electron chi connectivity index (χ1n) is 7.12. The Morgan fingerprint density at radius 1 is 1.38 bits per heavy atom. The Kier molecular flexibility index (Phi) is 5.80. The Labute approximate surface area is 130 Å². The van der Waals surface area contributed by atoms with Gasteiger partial charge in [0.25, 0.3) is 0 Å². The number of anilines is 2. The smallest absolute Gasteiger partial charge is 0.204 e. The van der Waals surface area contributed by atoms with Crippen molar-refractivity contribution in [1.29, 1.82) is 0 Å². The van der Waals surface area contributed by atoms with Crippen LogP contribution in [-0.4, -0.2) is 37.2 Å². The summed E-state index contributed by atoms with van der Waals surface area (Å²) in [4.78, 5) is 12.1. The maximum absolute atomic E-state index is 5.51. The molecule has 0 aromatic carbocycles. The Bertz CT molecular complexity index is 545. The van der Waals surface area contributed by atoms with E-state index in [1.165, 1.54) is 4.88 Å². The van der Waals surface area contributed by atoms with Crippen molar-refractivity contribution in [2.24, 2.45) is 0 Å². The standard InChI is InChI=1S/C15H22N4OS/c1-4-8-16-14-13(20-3)15(18-11-17-14)19(2)9-7-12-6-5-10-21-12/h5-6,10-11H,4,7-9H2,1-3H3,(H,16,17,18). The number of rotatable bonds is 8. The first-order chi connectivity index (χ1) is 10.3. The number of ether oxygens (including phenoxy) is 1. The zero-order chi connectivity index (χ0) is 15.1. The van der Waals surface area contributed by atoms with Crippen LogP contribution < -0.4 is 15.0 Å². The van der Waals surface area contributed by atoms with Crippen molar-refractivity contribution in [1.82, 2.24) is 9.97 Å². The third kappa shape index (κ3) is 4.07. The van der Waals surface area contributed by atoms with Crippen molar-refractivity contribution in [3.8, 4) is 5.75 Å². The molecular weight excluding hydrogens is 284 g/mol. The molecule has 1 N–H and O–H groups in total. The van der Waals surface area contributed by atoms with Crippen molar-refractivity contribution in [3.63, 3.8) is 0 Å². The van der Waals surface area contributed by atoms with Gasteiger partial charge in [0.15, 0.2) is 11.6 Å². The summed E-state index contributed by atoms with van der Waals surface area (Å²) in [7, 11) is 3.69. The van der Waals surface area contributed by atoms with Crippen LogP contribution in [0.25, 0.3) is 0 Å². The summed E-state index contributed by atoms with van der Waals surface area (Å²) in [6, 6.07) is 4.24. The number of aromatic nitrogens is 2. The number of hydrogen-bond acceptors (Lipinski definition) is 6. The number of methoxy groups -OCH3 is 1. The minimum absolute atomic E-state index is 0.708. The molecule has 2 aromatic rings. The second-order valence-electron chi connectivity index (χ2n) is 4.76. The molecule has 0 aliphatic carbocycles. The SMILES string of the molecule is CCCNc1ncnc(N(C)CCc2cccs2)c1OC. The molecule has 0 spiro atoms. The van der Waals surface area contributed by atoms with Gasteiger partial charge in [-0.1, -0.05) is 13.0 Å². The number of hydrogen-bond donors (Lipinski definition) is 1. The molecule has 114 valence electrons. The maximum Gasteiger partial charge on any atom is 0.204 e. The van der Waals surface area contributed by atoms with Crippen LogP contribution in [0.3, 0.4) is 0 Å². The lowest BCUT2D eigenvalue weighted by atomic mass is 10.3. The van der Waals surface area contributed by atoms with Gasteiger partial charge in [-0.15, -0.1) is 11.3 Å². The summed E-state index contributed by atoms with van der Waals surface area (Å²) in [5.41, 5.74) is 0. The van der Waals surface area contributed by atoms with E-state index in [2.05, 4.69) is 44.6 Å². The van der Waals surface area contributed by atoms with Gasteiger partial charge in [-0.25, -0.2) is 9.97 Å². The van der Waals surface area contributed by atoms with Crippen LogP contribution in [0.5, 0.6) is 5.75 Å². The summed E-state index contributed by atoms with van der Waals surface area (Å²) in [5.74, 6) is 2.29. The fraction of sp³-hybridized carbons (Fsp3) is 0.467. The van der Waals surface area contributed by atoms with Crippen LogP contribution in [0, 0.1) is 0 Å². The van der Waals surface area contributed by atoms with Gasteiger partial charge >= 0.3 is 0 Å². The molecule has 0 aliphatic heterocycles. The van der Waals surface area contributed by atoms with E-state index in [9.17, 15) is 0 Å². The topological polar surface area (TPSA) is 50.3 Å². The second-order valence-corrected chi connectivity index (χ2v) is 5.79. The van der Waals surface area contributed by atoms with E-state index in [1.54, 1.807) is 24.8 Å². The molecule has 2 aromatic heterocycles. The molecule has 0 aliphatic rings. The summed E-state index contributed by atoms with van der Waals surface area (Å²) in [5, 5.41) is 5.38. The van der Waals surface area contributed by atoms with E-state index in [0.717, 1.165) is 37.6 Å². The van der Waals surface area contributed by atoms with Gasteiger partial charge in [0.05, 0.1) is 7.11 Å². The molecule has 0 saturated carbocycles. The van der Waals surface area contributed by atoms with Gasteiger partial charge in [-0.05, 0) is 24.3 Å². The lowest BCUT2D eigenvalue weighted by Crippen LogP contribution is -2.22. The van der Waals surface area contributed by atoms with Crippen LogP contribution in [0.15, 0.2) is 23.8 Å². The fourth-order valence-electron chi connectivity index (χ4n) is 2.03. The quantitative estimate of drug-likeness (QED) is 0.812. The van der Waals surface area contributed by atoms with Crippen molar-refractivity contribution in [3.05, 3.63) is 28.7 Å². The fourth-order valence-corrected chi connectivity index (χ4v) is 2.73. The number of thiophene rings is 1. The van der Waals surface area contributed by atoms with Gasteiger partial charge < -0.3 is 15.0 Å². The number of nitrogens with one attached hydrogen (secondary N) is 1. The van der Waals surface area contributed by atoms with Crippen LogP contribution in [0.4, 0.5) is 11.6 Å². The molecule has 0 unspecified atom stereocenters. The van der Waals surface area contributed by atoms with Crippen molar-refractivity contribution in [2.75, 3.05) is 37.5 Å². The summed E-state index contributed by atoms with van der Waals surface area (Å²) in [6.07, 6.45) is 3.62. The molecule has 6 heteroatoms. The molecule has 0 amide bonds. The minimum Gasteiger partial charge on any atom is -0.490 e. The number of nitrogens with zero attached hydrogens (tertiary/aromatic N) is 3. The number of likely N-dealkylation sites (N-methyl/N-ethyl adjacent to an activating group) is 1. The zero-order valence-corrected chi connectivity index (χ0v) is 13.6. The van der Waals surface area contributed by atoms with E-state index < -0.39 is 0 Å². The normalized spacial score (nSPS) is 10.4. The van der Waals surface area contributed by atoms with Crippen LogP contribution >= 0.6 is 11.3 Å². The highest BCUT2D eigenvalue weighted by Gasteiger charge is 2.15. The lowest BCUT2D eigenvalue weighted by Gasteiger charge is -2.21. The molecule has 0 fully saturated rings. The first kappa shape index (κ1) is 15.6. The predicted octanol–water partition coefficient (Wildman–Crippen LogP) is 3.05. The lowest BCUT2D eigenvalue weighted by molar-refractivity contribution is 0.412. The third-order valence-electron chi connectivity index (χ3n) is 3.17. The average Bonchev–Trinajstić information content (AvgIpc) is 3.03. The van der Waals surface area contributed by atoms with Crippen molar-refractivity contribution in [2.45, 2.75) is 19.8 Å². The molecule has 2 rings (SSSR count). The highest BCUT2D eigenvalue weighted by atomic mass is 32.1. The van der Waals surface area contributed by atoms with Crippen molar-refractivity contribution < 1.29 is 4.74 Å². The van der Waals surface area contributed by atoms with Crippen LogP contribution in [0.2, 0.25) is 0 Å². The summed E-state index contributed by atoms with van der Waals surface area (Å²) < 4.78 is 5.51. The van der Waals surface area contributed by atoms with Gasteiger partial charge in [0, 0.05) is 25.0 Å². The molecular formula is C15H22N4OS. The Hall–Kier alpha value is -1.82. The Balaban J connectivity index is 2.09. The van der Waals surface area contributed by atoms with Gasteiger partial charge in [-0.2, -0.15) is 0 Å².